The molecule has 21 heavy (non-hydrogen) atoms. The molecule has 1 atom stereocenters. The Labute approximate surface area is 127 Å². The Morgan fingerprint density at radius 3 is 2.86 bits per heavy atom. The molecule has 1 saturated heterocycles. The standard InChI is InChI=1S/C18H25NO2/c1-14-5-4-10-19(12-14)18(20)13-21-17-9-8-15-6-2-3-7-16(15)11-17/h8-9,11,14H,2-7,10,12-13H2,1H3/t14-/m1/s1. The van der Waals surface area contributed by atoms with Gasteiger partial charge in [0.05, 0.1) is 0 Å². The molecule has 0 aromatic heterocycles. The van der Waals surface area contributed by atoms with Crippen LogP contribution in [0.4, 0.5) is 0 Å². The molecule has 0 N–H and O–H groups in total. The van der Waals surface area contributed by atoms with Crippen LogP contribution in [0.3, 0.4) is 0 Å². The number of likely N-dealkylation sites (tertiary alicyclic amines) is 1. The molecule has 0 bridgehead atoms. The van der Waals surface area contributed by atoms with Gasteiger partial charge in [0.15, 0.2) is 6.61 Å². The van der Waals surface area contributed by atoms with Gasteiger partial charge in [0.1, 0.15) is 5.75 Å². The zero-order valence-corrected chi connectivity index (χ0v) is 12.9. The number of hydrogen-bond acceptors (Lipinski definition) is 2. The number of carbonyl (C=O) groups is 1. The predicted molar refractivity (Wildman–Crippen MR) is 83.6 cm³/mol. The van der Waals surface area contributed by atoms with Crippen molar-refractivity contribution in [2.75, 3.05) is 19.7 Å². The average Bonchev–Trinajstić information content (AvgIpc) is 2.52. The van der Waals surface area contributed by atoms with Crippen LogP contribution < -0.4 is 4.74 Å². The number of nitrogens with zero attached hydrogens (tertiary/aromatic N) is 1. The Balaban J connectivity index is 1.56. The maximum absolute atomic E-state index is 12.2. The van der Waals surface area contributed by atoms with Crippen molar-refractivity contribution in [2.45, 2.75) is 45.4 Å². The molecule has 1 aliphatic heterocycles. The van der Waals surface area contributed by atoms with E-state index in [1.807, 2.05) is 11.0 Å². The highest BCUT2D eigenvalue weighted by Crippen LogP contribution is 2.25. The summed E-state index contributed by atoms with van der Waals surface area (Å²) < 4.78 is 5.73. The lowest BCUT2D eigenvalue weighted by Crippen LogP contribution is -2.41. The van der Waals surface area contributed by atoms with Crippen molar-refractivity contribution in [3.63, 3.8) is 0 Å². The first kappa shape index (κ1) is 14.4. The van der Waals surface area contributed by atoms with Crippen LogP contribution in [0, 0.1) is 5.92 Å². The third-order valence-corrected chi connectivity index (χ3v) is 4.69. The lowest BCUT2D eigenvalue weighted by atomic mass is 9.92. The number of piperidine rings is 1. The van der Waals surface area contributed by atoms with E-state index in [9.17, 15) is 4.79 Å². The first-order valence-corrected chi connectivity index (χ1v) is 8.25. The van der Waals surface area contributed by atoms with Crippen LogP contribution >= 0.6 is 0 Å². The van der Waals surface area contributed by atoms with Gasteiger partial charge in [-0.2, -0.15) is 0 Å². The fourth-order valence-corrected chi connectivity index (χ4v) is 3.45. The Morgan fingerprint density at radius 1 is 1.24 bits per heavy atom. The van der Waals surface area contributed by atoms with Crippen molar-refractivity contribution in [3.05, 3.63) is 29.3 Å². The van der Waals surface area contributed by atoms with Crippen molar-refractivity contribution >= 4 is 5.91 Å². The summed E-state index contributed by atoms with van der Waals surface area (Å²) in [6.45, 7) is 4.15. The maximum Gasteiger partial charge on any atom is 0.260 e. The molecule has 0 unspecified atom stereocenters. The second kappa shape index (κ2) is 6.50. The number of fused-ring (bicyclic) bond motifs is 1. The van der Waals surface area contributed by atoms with Crippen LogP contribution in [-0.4, -0.2) is 30.5 Å². The third kappa shape index (κ3) is 3.58. The quantitative estimate of drug-likeness (QED) is 0.854. The van der Waals surface area contributed by atoms with Gasteiger partial charge in [0, 0.05) is 13.1 Å². The van der Waals surface area contributed by atoms with Crippen molar-refractivity contribution < 1.29 is 9.53 Å². The van der Waals surface area contributed by atoms with Gasteiger partial charge in [-0.05, 0) is 67.7 Å². The van der Waals surface area contributed by atoms with Crippen molar-refractivity contribution in [2.24, 2.45) is 5.92 Å². The Morgan fingerprint density at radius 2 is 2.05 bits per heavy atom. The minimum Gasteiger partial charge on any atom is -0.484 e. The molecule has 3 rings (SSSR count). The number of amides is 1. The Kier molecular flexibility index (Phi) is 4.47. The minimum absolute atomic E-state index is 0.124. The van der Waals surface area contributed by atoms with Crippen LogP contribution in [0.5, 0.6) is 5.75 Å². The van der Waals surface area contributed by atoms with Crippen LogP contribution in [0.1, 0.15) is 43.7 Å². The first-order valence-electron chi connectivity index (χ1n) is 8.25. The monoisotopic (exact) mass is 287 g/mol. The van der Waals surface area contributed by atoms with Gasteiger partial charge in [-0.25, -0.2) is 0 Å². The molecule has 3 heteroatoms. The second-order valence-electron chi connectivity index (χ2n) is 6.51. The molecule has 0 saturated carbocycles. The number of rotatable bonds is 3. The first-order chi connectivity index (χ1) is 10.2. The number of aryl methyl sites for hydroxylation is 2. The molecule has 114 valence electrons. The van der Waals surface area contributed by atoms with E-state index in [1.165, 1.54) is 36.8 Å². The highest BCUT2D eigenvalue weighted by atomic mass is 16.5. The largest absolute Gasteiger partial charge is 0.484 e. The van der Waals surface area contributed by atoms with Gasteiger partial charge in [-0.15, -0.1) is 0 Å². The lowest BCUT2D eigenvalue weighted by Gasteiger charge is -2.30. The molecule has 1 aromatic carbocycles. The molecule has 1 heterocycles. The number of carbonyl (C=O) groups excluding carboxylic acids is 1. The average molecular weight is 287 g/mol. The molecular weight excluding hydrogens is 262 g/mol. The fraction of sp³-hybridized carbons (Fsp3) is 0.611. The summed E-state index contributed by atoms with van der Waals surface area (Å²) in [7, 11) is 0. The van der Waals surface area contributed by atoms with Crippen LogP contribution in [0.25, 0.3) is 0 Å². The Hall–Kier alpha value is -1.51. The molecule has 1 fully saturated rings. The highest BCUT2D eigenvalue weighted by molar-refractivity contribution is 5.77. The highest BCUT2D eigenvalue weighted by Gasteiger charge is 2.21. The van der Waals surface area contributed by atoms with E-state index in [0.717, 1.165) is 31.7 Å². The van der Waals surface area contributed by atoms with Crippen LogP contribution in [-0.2, 0) is 17.6 Å². The summed E-state index contributed by atoms with van der Waals surface area (Å²) in [6.07, 6.45) is 7.23. The number of ether oxygens (including phenoxy) is 1. The molecule has 2 aliphatic rings. The Bertz CT molecular complexity index is 512. The van der Waals surface area contributed by atoms with Crippen molar-refractivity contribution in [3.8, 4) is 5.75 Å². The molecule has 1 aromatic rings. The fourth-order valence-electron chi connectivity index (χ4n) is 3.45. The topological polar surface area (TPSA) is 29.5 Å². The SMILES string of the molecule is C[C@@H]1CCCN(C(=O)COc2ccc3c(c2)CCCC3)C1. The summed E-state index contributed by atoms with van der Waals surface area (Å²) >= 11 is 0. The van der Waals surface area contributed by atoms with E-state index in [-0.39, 0.29) is 12.5 Å². The number of hydrogen-bond donors (Lipinski definition) is 0. The normalized spacial score (nSPS) is 21.8. The van der Waals surface area contributed by atoms with E-state index in [0.29, 0.717) is 5.92 Å². The summed E-state index contributed by atoms with van der Waals surface area (Å²) in [5.41, 5.74) is 2.85. The molecular formula is C18H25NO2. The minimum atomic E-state index is 0.124. The molecule has 1 amide bonds. The van der Waals surface area contributed by atoms with Crippen LogP contribution in [0.15, 0.2) is 18.2 Å². The van der Waals surface area contributed by atoms with Crippen LogP contribution in [0.2, 0.25) is 0 Å². The predicted octanol–water partition coefficient (Wildman–Crippen LogP) is 3.20. The zero-order valence-electron chi connectivity index (χ0n) is 12.9. The third-order valence-electron chi connectivity index (χ3n) is 4.69. The molecule has 0 radical (unpaired) electrons. The smallest absolute Gasteiger partial charge is 0.260 e. The maximum atomic E-state index is 12.2. The van der Waals surface area contributed by atoms with E-state index in [2.05, 4.69) is 19.1 Å². The van der Waals surface area contributed by atoms with Gasteiger partial charge in [0.25, 0.3) is 5.91 Å². The summed E-state index contributed by atoms with van der Waals surface area (Å²) in [4.78, 5) is 14.2. The van der Waals surface area contributed by atoms with E-state index in [4.69, 9.17) is 4.74 Å². The zero-order chi connectivity index (χ0) is 14.7. The number of benzene rings is 1. The second-order valence-corrected chi connectivity index (χ2v) is 6.51. The van der Waals surface area contributed by atoms with Gasteiger partial charge in [-0.1, -0.05) is 13.0 Å². The molecule has 0 spiro atoms. The van der Waals surface area contributed by atoms with E-state index >= 15 is 0 Å². The van der Waals surface area contributed by atoms with Gasteiger partial charge < -0.3 is 9.64 Å². The van der Waals surface area contributed by atoms with E-state index < -0.39 is 0 Å². The lowest BCUT2D eigenvalue weighted by molar-refractivity contribution is -0.135. The molecule has 1 aliphatic carbocycles. The van der Waals surface area contributed by atoms with E-state index in [1.54, 1.807) is 0 Å². The summed E-state index contributed by atoms with van der Waals surface area (Å²) in [5, 5.41) is 0. The summed E-state index contributed by atoms with van der Waals surface area (Å²) in [6, 6.07) is 6.30. The van der Waals surface area contributed by atoms with Gasteiger partial charge in [0.2, 0.25) is 0 Å². The molecule has 3 nitrogen and oxygen atoms in total. The summed E-state index contributed by atoms with van der Waals surface area (Å²) in [5.74, 6) is 1.58. The van der Waals surface area contributed by atoms with Crippen molar-refractivity contribution in [1.82, 2.24) is 4.90 Å². The van der Waals surface area contributed by atoms with Gasteiger partial charge >= 0.3 is 0 Å². The van der Waals surface area contributed by atoms with Gasteiger partial charge in [-0.3, -0.25) is 4.79 Å². The van der Waals surface area contributed by atoms with Crippen molar-refractivity contribution in [1.29, 1.82) is 0 Å².